The van der Waals surface area contributed by atoms with E-state index in [4.69, 9.17) is 0 Å². The standard InChI is InChI=1S/C9H12BrN/c1-4-11-6-7(2)5-9(10)8(11)3/h5-6H,3-4H2,1-2H3. The Balaban J connectivity index is 2.90. The largest absolute Gasteiger partial charge is 0.348 e. The molecule has 0 radical (unpaired) electrons. The first-order valence-corrected chi connectivity index (χ1v) is 4.46. The molecule has 0 aromatic rings. The summed E-state index contributed by atoms with van der Waals surface area (Å²) in [6.07, 6.45) is 4.18. The Morgan fingerprint density at radius 2 is 2.27 bits per heavy atom. The highest BCUT2D eigenvalue weighted by Gasteiger charge is 2.10. The zero-order valence-electron chi connectivity index (χ0n) is 6.89. The predicted octanol–water partition coefficient (Wildman–Crippen LogP) is 3.02. The van der Waals surface area contributed by atoms with Gasteiger partial charge in [-0.3, -0.25) is 0 Å². The Morgan fingerprint density at radius 1 is 1.64 bits per heavy atom. The second-order valence-corrected chi connectivity index (χ2v) is 3.45. The van der Waals surface area contributed by atoms with Crippen LogP contribution in [-0.4, -0.2) is 11.4 Å². The summed E-state index contributed by atoms with van der Waals surface area (Å²) in [6.45, 7) is 9.11. The van der Waals surface area contributed by atoms with Gasteiger partial charge in [0.25, 0.3) is 0 Å². The van der Waals surface area contributed by atoms with E-state index < -0.39 is 0 Å². The van der Waals surface area contributed by atoms with Gasteiger partial charge in [0.05, 0.1) is 0 Å². The van der Waals surface area contributed by atoms with Crippen LogP contribution in [0.1, 0.15) is 13.8 Å². The normalized spacial score (nSPS) is 18.1. The number of nitrogens with zero attached hydrogens (tertiary/aromatic N) is 1. The fourth-order valence-corrected chi connectivity index (χ4v) is 1.65. The molecule has 1 aliphatic heterocycles. The zero-order valence-corrected chi connectivity index (χ0v) is 8.48. The Kier molecular flexibility index (Phi) is 2.55. The lowest BCUT2D eigenvalue weighted by atomic mass is 10.2. The summed E-state index contributed by atoms with van der Waals surface area (Å²) in [6, 6.07) is 0. The molecule has 0 N–H and O–H groups in total. The molecule has 0 atom stereocenters. The Morgan fingerprint density at radius 3 is 2.82 bits per heavy atom. The third kappa shape index (κ3) is 1.74. The second kappa shape index (κ2) is 3.26. The van der Waals surface area contributed by atoms with Crippen LogP contribution >= 0.6 is 15.9 Å². The van der Waals surface area contributed by atoms with Gasteiger partial charge in [0.2, 0.25) is 0 Å². The minimum atomic E-state index is 0.971. The van der Waals surface area contributed by atoms with Crippen LogP contribution in [-0.2, 0) is 0 Å². The van der Waals surface area contributed by atoms with Gasteiger partial charge < -0.3 is 4.90 Å². The smallest absolute Gasteiger partial charge is 0.0477 e. The monoisotopic (exact) mass is 213 g/mol. The molecular weight excluding hydrogens is 202 g/mol. The van der Waals surface area contributed by atoms with Gasteiger partial charge in [0.1, 0.15) is 0 Å². The van der Waals surface area contributed by atoms with Crippen LogP contribution in [0.25, 0.3) is 0 Å². The van der Waals surface area contributed by atoms with Gasteiger partial charge >= 0.3 is 0 Å². The van der Waals surface area contributed by atoms with E-state index in [0.717, 1.165) is 16.7 Å². The average molecular weight is 214 g/mol. The fraction of sp³-hybridized carbons (Fsp3) is 0.333. The molecule has 0 spiro atoms. The minimum Gasteiger partial charge on any atom is -0.348 e. The molecule has 0 aromatic heterocycles. The summed E-state index contributed by atoms with van der Waals surface area (Å²) in [5, 5.41) is 0. The maximum absolute atomic E-state index is 3.95. The number of hydrogen-bond donors (Lipinski definition) is 0. The summed E-state index contributed by atoms with van der Waals surface area (Å²) in [5.74, 6) is 0. The number of rotatable bonds is 1. The van der Waals surface area contributed by atoms with Crippen molar-refractivity contribution in [2.75, 3.05) is 6.54 Å². The van der Waals surface area contributed by atoms with Crippen LogP contribution in [0.3, 0.4) is 0 Å². The van der Waals surface area contributed by atoms with Gasteiger partial charge in [-0.2, -0.15) is 0 Å². The molecule has 1 heterocycles. The van der Waals surface area contributed by atoms with Crippen LogP contribution in [0.4, 0.5) is 0 Å². The number of hydrogen-bond acceptors (Lipinski definition) is 1. The van der Waals surface area contributed by atoms with E-state index in [-0.39, 0.29) is 0 Å². The topological polar surface area (TPSA) is 3.24 Å². The van der Waals surface area contributed by atoms with Crippen LogP contribution < -0.4 is 0 Å². The van der Waals surface area contributed by atoms with E-state index in [0.29, 0.717) is 0 Å². The maximum atomic E-state index is 3.95. The van der Waals surface area contributed by atoms with E-state index in [9.17, 15) is 0 Å². The first kappa shape index (κ1) is 8.60. The van der Waals surface area contributed by atoms with Crippen molar-refractivity contribution in [3.63, 3.8) is 0 Å². The van der Waals surface area contributed by atoms with Crippen molar-refractivity contribution in [2.45, 2.75) is 13.8 Å². The third-order valence-corrected chi connectivity index (χ3v) is 2.36. The highest BCUT2D eigenvalue weighted by Crippen LogP contribution is 2.26. The lowest BCUT2D eigenvalue weighted by Crippen LogP contribution is -2.18. The Bertz CT molecular complexity index is 238. The average Bonchev–Trinajstić information content (AvgIpc) is 1.96. The molecular formula is C9H12BrN. The molecule has 1 rings (SSSR count). The van der Waals surface area contributed by atoms with Gasteiger partial charge in [0.15, 0.2) is 0 Å². The van der Waals surface area contributed by atoms with Crippen LogP contribution in [0.5, 0.6) is 0 Å². The molecule has 60 valence electrons. The molecule has 0 aromatic carbocycles. The van der Waals surface area contributed by atoms with Crippen molar-refractivity contribution < 1.29 is 0 Å². The molecule has 1 aliphatic rings. The van der Waals surface area contributed by atoms with E-state index >= 15 is 0 Å². The van der Waals surface area contributed by atoms with E-state index in [2.05, 4.69) is 53.5 Å². The lowest BCUT2D eigenvalue weighted by molar-refractivity contribution is 0.499. The van der Waals surface area contributed by atoms with Crippen molar-refractivity contribution in [3.05, 3.63) is 34.6 Å². The minimum absolute atomic E-state index is 0.971. The Labute approximate surface area is 76.2 Å². The summed E-state index contributed by atoms with van der Waals surface area (Å²) < 4.78 is 1.08. The molecule has 0 saturated carbocycles. The van der Waals surface area contributed by atoms with Crippen molar-refractivity contribution >= 4 is 15.9 Å². The summed E-state index contributed by atoms with van der Waals surface area (Å²) in [7, 11) is 0. The SMILES string of the molecule is C=C1C(Br)=CC(C)=CN1CC. The summed E-state index contributed by atoms with van der Waals surface area (Å²) in [4.78, 5) is 2.12. The van der Waals surface area contributed by atoms with Crippen LogP contribution in [0.2, 0.25) is 0 Å². The zero-order chi connectivity index (χ0) is 8.43. The molecule has 1 nitrogen and oxygen atoms in total. The fourth-order valence-electron chi connectivity index (χ4n) is 1.06. The predicted molar refractivity (Wildman–Crippen MR) is 52.3 cm³/mol. The van der Waals surface area contributed by atoms with E-state index in [1.165, 1.54) is 5.57 Å². The molecule has 0 saturated heterocycles. The van der Waals surface area contributed by atoms with Gasteiger partial charge in [-0.05, 0) is 41.4 Å². The van der Waals surface area contributed by atoms with Gasteiger partial charge in [-0.1, -0.05) is 6.58 Å². The van der Waals surface area contributed by atoms with E-state index in [1.807, 2.05) is 0 Å². The molecule has 0 bridgehead atoms. The molecule has 11 heavy (non-hydrogen) atoms. The first-order chi connectivity index (χ1) is 5.15. The van der Waals surface area contributed by atoms with Gasteiger partial charge in [-0.15, -0.1) is 0 Å². The highest BCUT2D eigenvalue weighted by atomic mass is 79.9. The second-order valence-electron chi connectivity index (χ2n) is 2.60. The number of likely N-dealkylation sites (N-methyl/N-ethyl adjacent to an activating group) is 1. The third-order valence-electron chi connectivity index (χ3n) is 1.68. The van der Waals surface area contributed by atoms with Crippen molar-refractivity contribution in [1.82, 2.24) is 4.90 Å². The summed E-state index contributed by atoms with van der Waals surface area (Å²) >= 11 is 3.45. The van der Waals surface area contributed by atoms with Crippen molar-refractivity contribution in [2.24, 2.45) is 0 Å². The molecule has 0 fully saturated rings. The van der Waals surface area contributed by atoms with Gasteiger partial charge in [0, 0.05) is 22.9 Å². The first-order valence-electron chi connectivity index (χ1n) is 3.66. The molecule has 2 heteroatoms. The van der Waals surface area contributed by atoms with Crippen molar-refractivity contribution in [1.29, 1.82) is 0 Å². The van der Waals surface area contributed by atoms with E-state index in [1.54, 1.807) is 0 Å². The summed E-state index contributed by atoms with van der Waals surface area (Å²) in [5.41, 5.74) is 2.30. The molecule has 0 unspecified atom stereocenters. The van der Waals surface area contributed by atoms with Crippen molar-refractivity contribution in [3.8, 4) is 0 Å². The van der Waals surface area contributed by atoms with Gasteiger partial charge in [-0.25, -0.2) is 0 Å². The van der Waals surface area contributed by atoms with Crippen LogP contribution in [0, 0.1) is 0 Å². The quantitative estimate of drug-likeness (QED) is 0.648. The lowest BCUT2D eigenvalue weighted by Gasteiger charge is -2.24. The molecule has 0 aliphatic carbocycles. The Hall–Kier alpha value is -0.500. The number of halogens is 1. The van der Waals surface area contributed by atoms with Crippen LogP contribution in [0.15, 0.2) is 34.6 Å². The maximum Gasteiger partial charge on any atom is 0.0477 e. The molecule has 0 amide bonds. The number of allylic oxidation sites excluding steroid dienone is 3. The highest BCUT2D eigenvalue weighted by molar-refractivity contribution is 9.12.